The van der Waals surface area contributed by atoms with E-state index in [-0.39, 0.29) is 27.4 Å². The maximum atomic E-state index is 15.1. The maximum Gasteiger partial charge on any atom is 0.259 e. The number of halogens is 6. The Morgan fingerprint density at radius 1 is 1.00 bits per heavy atom. The van der Waals surface area contributed by atoms with Crippen molar-refractivity contribution in [3.63, 3.8) is 0 Å². The summed E-state index contributed by atoms with van der Waals surface area (Å²) in [4.78, 5) is 25.8. The molecule has 0 spiro atoms. The molecular formula is C24H16Cl3F3N2O3. The molecule has 182 valence electrons. The Kier molecular flexibility index (Phi) is 6.42. The van der Waals surface area contributed by atoms with Gasteiger partial charge in [0.2, 0.25) is 5.91 Å². The third kappa shape index (κ3) is 3.99. The van der Waals surface area contributed by atoms with E-state index >= 15 is 4.39 Å². The number of ether oxygens (including phenoxy) is 1. The molecule has 5 nitrogen and oxygen atoms in total. The molecule has 1 saturated carbocycles. The number of anilines is 1. The highest BCUT2D eigenvalue weighted by Gasteiger charge is 2.81. The zero-order valence-electron chi connectivity index (χ0n) is 17.8. The van der Waals surface area contributed by atoms with Gasteiger partial charge in [-0.25, -0.2) is 13.2 Å². The predicted octanol–water partition coefficient (Wildman–Crippen LogP) is 5.71. The third-order valence-corrected chi connectivity index (χ3v) is 7.28. The monoisotopic (exact) mass is 542 g/mol. The van der Waals surface area contributed by atoms with Gasteiger partial charge in [0.25, 0.3) is 5.91 Å². The van der Waals surface area contributed by atoms with Crippen LogP contribution in [0.1, 0.15) is 27.4 Å². The number of nitrogens with one attached hydrogen (secondary N) is 1. The van der Waals surface area contributed by atoms with Crippen molar-refractivity contribution < 1.29 is 27.5 Å². The second-order valence-corrected chi connectivity index (χ2v) is 9.69. The van der Waals surface area contributed by atoms with Gasteiger partial charge in [0, 0.05) is 11.6 Å². The van der Waals surface area contributed by atoms with E-state index in [1.807, 2.05) is 0 Å². The minimum Gasteiger partial charge on any atom is -0.493 e. The number of carbonyl (C=O) groups excluding carboxylic acids is 2. The Labute approximate surface area is 212 Å². The number of benzene rings is 3. The Bertz CT molecular complexity index is 1350. The SMILES string of the molecule is COc1c(F)cc(C2(C(N)=O)C(c3ccc(F)c(Cl)c3)C2(Cl)Cl)cc1C(=O)Nc1ccc(F)cc1. The second-order valence-electron chi connectivity index (χ2n) is 7.90. The third-order valence-electron chi connectivity index (χ3n) is 5.95. The number of hydrogen-bond donors (Lipinski definition) is 2. The number of rotatable bonds is 6. The number of hydrogen-bond acceptors (Lipinski definition) is 3. The summed E-state index contributed by atoms with van der Waals surface area (Å²) in [5.74, 6) is -5.46. The average molecular weight is 544 g/mol. The Hall–Kier alpha value is -2.94. The minimum absolute atomic E-state index is 0.0944. The van der Waals surface area contributed by atoms with Gasteiger partial charge in [-0.2, -0.15) is 0 Å². The van der Waals surface area contributed by atoms with Crippen molar-refractivity contribution >= 4 is 52.3 Å². The van der Waals surface area contributed by atoms with Crippen LogP contribution in [0.5, 0.6) is 5.75 Å². The van der Waals surface area contributed by atoms with Gasteiger partial charge in [-0.05, 0) is 59.7 Å². The van der Waals surface area contributed by atoms with Crippen LogP contribution in [0.4, 0.5) is 18.9 Å². The van der Waals surface area contributed by atoms with E-state index in [2.05, 4.69) is 5.32 Å². The molecular weight excluding hydrogens is 528 g/mol. The Morgan fingerprint density at radius 3 is 2.23 bits per heavy atom. The lowest BCUT2D eigenvalue weighted by Gasteiger charge is -2.19. The molecule has 3 aromatic rings. The van der Waals surface area contributed by atoms with Gasteiger partial charge in [0.1, 0.15) is 21.4 Å². The number of carbonyl (C=O) groups is 2. The molecule has 0 saturated heterocycles. The fourth-order valence-electron chi connectivity index (χ4n) is 4.29. The second kappa shape index (κ2) is 8.93. The summed E-state index contributed by atoms with van der Waals surface area (Å²) in [5, 5.41) is 2.26. The molecule has 11 heteroatoms. The van der Waals surface area contributed by atoms with E-state index in [4.69, 9.17) is 45.3 Å². The molecule has 35 heavy (non-hydrogen) atoms. The van der Waals surface area contributed by atoms with E-state index < -0.39 is 50.7 Å². The molecule has 4 rings (SSSR count). The van der Waals surface area contributed by atoms with Crippen LogP contribution >= 0.6 is 34.8 Å². The lowest BCUT2D eigenvalue weighted by molar-refractivity contribution is -0.120. The van der Waals surface area contributed by atoms with Gasteiger partial charge in [0.05, 0.1) is 17.7 Å². The van der Waals surface area contributed by atoms with E-state index in [9.17, 15) is 18.4 Å². The molecule has 0 bridgehead atoms. The smallest absolute Gasteiger partial charge is 0.259 e. The van der Waals surface area contributed by atoms with Crippen molar-refractivity contribution in [2.45, 2.75) is 15.7 Å². The van der Waals surface area contributed by atoms with Crippen LogP contribution in [-0.4, -0.2) is 23.3 Å². The lowest BCUT2D eigenvalue weighted by Crippen LogP contribution is -2.34. The fraction of sp³-hybridized carbons (Fsp3) is 0.167. The van der Waals surface area contributed by atoms with Crippen LogP contribution in [0.2, 0.25) is 5.02 Å². The van der Waals surface area contributed by atoms with Crippen molar-refractivity contribution in [1.82, 2.24) is 0 Å². The van der Waals surface area contributed by atoms with Crippen LogP contribution in [0, 0.1) is 17.5 Å². The highest BCUT2D eigenvalue weighted by Crippen LogP contribution is 2.74. The molecule has 2 atom stereocenters. The van der Waals surface area contributed by atoms with Crippen LogP contribution < -0.4 is 15.8 Å². The molecule has 2 amide bonds. The molecule has 1 fully saturated rings. The molecule has 0 heterocycles. The fourth-order valence-corrected chi connectivity index (χ4v) is 5.57. The van der Waals surface area contributed by atoms with Gasteiger partial charge in [-0.15, -0.1) is 0 Å². The van der Waals surface area contributed by atoms with Gasteiger partial charge in [0.15, 0.2) is 11.6 Å². The number of methoxy groups -OCH3 is 1. The number of alkyl halides is 2. The van der Waals surface area contributed by atoms with Crippen LogP contribution in [0.25, 0.3) is 0 Å². The average Bonchev–Trinajstić information content (AvgIpc) is 3.33. The lowest BCUT2D eigenvalue weighted by atomic mass is 9.88. The summed E-state index contributed by atoms with van der Waals surface area (Å²) >= 11 is 18.9. The summed E-state index contributed by atoms with van der Waals surface area (Å²) in [7, 11) is 1.16. The zero-order valence-corrected chi connectivity index (χ0v) is 20.1. The van der Waals surface area contributed by atoms with Gasteiger partial charge in [-0.3, -0.25) is 9.59 Å². The molecule has 3 aromatic carbocycles. The normalized spacial score (nSPS) is 20.3. The van der Waals surface area contributed by atoms with Crippen molar-refractivity contribution in [3.8, 4) is 5.75 Å². The number of primary amides is 1. The van der Waals surface area contributed by atoms with E-state index in [1.165, 1.54) is 30.3 Å². The van der Waals surface area contributed by atoms with Crippen LogP contribution in [0.3, 0.4) is 0 Å². The first kappa shape index (κ1) is 25.2. The quantitative estimate of drug-likeness (QED) is 0.391. The predicted molar refractivity (Wildman–Crippen MR) is 127 cm³/mol. The van der Waals surface area contributed by atoms with Gasteiger partial charge >= 0.3 is 0 Å². The van der Waals surface area contributed by atoms with E-state index in [0.717, 1.165) is 31.4 Å². The van der Waals surface area contributed by atoms with Crippen LogP contribution in [-0.2, 0) is 10.2 Å². The highest BCUT2D eigenvalue weighted by atomic mass is 35.5. The van der Waals surface area contributed by atoms with Crippen molar-refractivity contribution in [2.75, 3.05) is 12.4 Å². The first-order chi connectivity index (χ1) is 16.4. The summed E-state index contributed by atoms with van der Waals surface area (Å²) in [6, 6.07) is 10.7. The standard InChI is InChI=1S/C24H16Cl3F3N2O3/c1-35-19-15(21(33)32-14-5-3-13(28)4-6-14)9-12(10-18(19)30)23(22(31)34)20(24(23,26)27)11-2-7-17(29)16(25)8-11/h2-10,20H,1H3,(H2,31,34)(H,32,33). The van der Waals surface area contributed by atoms with Crippen molar-refractivity contribution in [1.29, 1.82) is 0 Å². The Balaban J connectivity index is 1.83. The molecule has 0 radical (unpaired) electrons. The zero-order chi connectivity index (χ0) is 25.7. The Morgan fingerprint density at radius 2 is 1.66 bits per heavy atom. The van der Waals surface area contributed by atoms with Crippen LogP contribution in [0.15, 0.2) is 54.6 Å². The topological polar surface area (TPSA) is 81.4 Å². The van der Waals surface area contributed by atoms with Gasteiger partial charge < -0.3 is 15.8 Å². The summed E-state index contributed by atoms with van der Waals surface area (Å²) < 4.78 is 45.2. The van der Waals surface area contributed by atoms with E-state index in [1.54, 1.807) is 0 Å². The highest BCUT2D eigenvalue weighted by molar-refractivity contribution is 6.55. The van der Waals surface area contributed by atoms with Crippen molar-refractivity contribution in [3.05, 3.63) is 93.8 Å². The number of nitrogens with two attached hydrogens (primary N) is 1. The largest absolute Gasteiger partial charge is 0.493 e. The molecule has 1 aliphatic rings. The van der Waals surface area contributed by atoms with E-state index in [0.29, 0.717) is 0 Å². The molecule has 0 aromatic heterocycles. The maximum absolute atomic E-state index is 15.1. The number of amides is 2. The molecule has 2 unspecified atom stereocenters. The molecule has 1 aliphatic carbocycles. The van der Waals surface area contributed by atoms with Crippen molar-refractivity contribution in [2.24, 2.45) is 5.73 Å². The summed E-state index contributed by atoms with van der Waals surface area (Å²) in [6.45, 7) is 0. The summed E-state index contributed by atoms with van der Waals surface area (Å²) in [6.07, 6.45) is 0. The van der Waals surface area contributed by atoms with Gasteiger partial charge in [-0.1, -0.05) is 40.9 Å². The molecule has 0 aliphatic heterocycles. The summed E-state index contributed by atoms with van der Waals surface area (Å²) in [5.41, 5.74) is 3.96. The minimum atomic E-state index is -1.88. The first-order valence-corrected chi connectivity index (χ1v) is 11.2. The first-order valence-electron chi connectivity index (χ1n) is 10.0. The molecule has 3 N–H and O–H groups in total.